The Balaban J connectivity index is 1.43. The van der Waals surface area contributed by atoms with Crippen molar-refractivity contribution in [3.63, 3.8) is 0 Å². The Labute approximate surface area is 174 Å². The third-order valence-electron chi connectivity index (χ3n) is 5.47. The smallest absolute Gasteiger partial charge is 0.258 e. The van der Waals surface area contributed by atoms with E-state index in [2.05, 4.69) is 22.6 Å². The standard InChI is InChI=1S/C23H24FN3OS/c1-27(18-7-3-2-4-8-18)23-26-21(15-29-23)16-11-13-17(14-12-16)25-22(28)19-9-5-6-10-20(19)24/h5-6,9-15,18H,2-4,7-8H2,1H3,(H,25,28). The molecule has 0 saturated heterocycles. The van der Waals surface area contributed by atoms with Gasteiger partial charge in [0.05, 0.1) is 11.3 Å². The maximum Gasteiger partial charge on any atom is 0.258 e. The normalized spacial score (nSPS) is 14.6. The summed E-state index contributed by atoms with van der Waals surface area (Å²) in [5, 5.41) is 5.86. The number of amides is 1. The van der Waals surface area contributed by atoms with Crippen LogP contribution in [0.2, 0.25) is 0 Å². The molecule has 1 N–H and O–H groups in total. The predicted octanol–water partition coefficient (Wildman–Crippen LogP) is 5.97. The molecule has 0 atom stereocenters. The lowest BCUT2D eigenvalue weighted by molar-refractivity contribution is 0.102. The number of hydrogen-bond acceptors (Lipinski definition) is 4. The quantitative estimate of drug-likeness (QED) is 0.565. The highest BCUT2D eigenvalue weighted by atomic mass is 32.1. The summed E-state index contributed by atoms with van der Waals surface area (Å²) in [6, 6.07) is 14.0. The van der Waals surface area contributed by atoms with Gasteiger partial charge < -0.3 is 10.2 Å². The fourth-order valence-electron chi connectivity index (χ4n) is 3.75. The van der Waals surface area contributed by atoms with Crippen LogP contribution in [0, 0.1) is 5.82 Å². The number of thiazole rings is 1. The Hall–Kier alpha value is -2.73. The average Bonchev–Trinajstić information content (AvgIpc) is 3.25. The summed E-state index contributed by atoms with van der Waals surface area (Å²) in [6.07, 6.45) is 6.41. The molecule has 0 unspecified atom stereocenters. The van der Waals surface area contributed by atoms with E-state index in [4.69, 9.17) is 4.98 Å². The molecule has 0 spiro atoms. The number of carbonyl (C=O) groups is 1. The van der Waals surface area contributed by atoms with Gasteiger partial charge >= 0.3 is 0 Å². The van der Waals surface area contributed by atoms with Gasteiger partial charge in [-0.2, -0.15) is 0 Å². The highest BCUT2D eigenvalue weighted by Crippen LogP contribution is 2.31. The molecule has 0 bridgehead atoms. The number of benzene rings is 2. The van der Waals surface area contributed by atoms with Crippen LogP contribution in [-0.2, 0) is 0 Å². The zero-order chi connectivity index (χ0) is 20.2. The van der Waals surface area contributed by atoms with Crippen LogP contribution in [0.5, 0.6) is 0 Å². The van der Waals surface area contributed by atoms with Crippen LogP contribution in [-0.4, -0.2) is 24.0 Å². The summed E-state index contributed by atoms with van der Waals surface area (Å²) in [7, 11) is 2.14. The second-order valence-electron chi connectivity index (χ2n) is 7.43. The SMILES string of the molecule is CN(c1nc(-c2ccc(NC(=O)c3ccccc3F)cc2)cs1)C1CCCCC1. The van der Waals surface area contributed by atoms with Crippen molar-refractivity contribution in [2.24, 2.45) is 0 Å². The molecule has 2 aromatic carbocycles. The van der Waals surface area contributed by atoms with E-state index < -0.39 is 11.7 Å². The second-order valence-corrected chi connectivity index (χ2v) is 8.27. The summed E-state index contributed by atoms with van der Waals surface area (Å²) in [6.45, 7) is 0. The number of hydrogen-bond donors (Lipinski definition) is 1. The van der Waals surface area contributed by atoms with Crippen molar-refractivity contribution in [3.8, 4) is 11.3 Å². The summed E-state index contributed by atoms with van der Waals surface area (Å²) < 4.78 is 13.8. The van der Waals surface area contributed by atoms with Gasteiger partial charge in [0.1, 0.15) is 5.82 Å². The minimum absolute atomic E-state index is 0.0338. The second kappa shape index (κ2) is 8.74. The molecule has 150 valence electrons. The van der Waals surface area contributed by atoms with Crippen molar-refractivity contribution >= 4 is 28.1 Å². The van der Waals surface area contributed by atoms with E-state index in [0.29, 0.717) is 11.7 Å². The van der Waals surface area contributed by atoms with Crippen molar-refractivity contribution in [2.45, 2.75) is 38.1 Å². The Morgan fingerprint density at radius 2 is 1.83 bits per heavy atom. The van der Waals surface area contributed by atoms with Gasteiger partial charge in [0.25, 0.3) is 5.91 Å². The fraction of sp³-hybridized carbons (Fsp3) is 0.304. The predicted molar refractivity (Wildman–Crippen MR) is 117 cm³/mol. The Kier molecular flexibility index (Phi) is 5.90. The maximum absolute atomic E-state index is 13.8. The van der Waals surface area contributed by atoms with Crippen molar-refractivity contribution in [3.05, 3.63) is 65.3 Å². The molecule has 1 amide bonds. The van der Waals surface area contributed by atoms with Gasteiger partial charge in [-0.05, 0) is 37.1 Å². The molecule has 4 nitrogen and oxygen atoms in total. The van der Waals surface area contributed by atoms with Crippen LogP contribution in [0.25, 0.3) is 11.3 Å². The third kappa shape index (κ3) is 4.48. The van der Waals surface area contributed by atoms with Gasteiger partial charge in [-0.25, -0.2) is 9.37 Å². The van der Waals surface area contributed by atoms with E-state index in [1.807, 2.05) is 24.3 Å². The first-order valence-corrected chi connectivity index (χ1v) is 10.8. The van der Waals surface area contributed by atoms with E-state index in [1.54, 1.807) is 23.5 Å². The van der Waals surface area contributed by atoms with Gasteiger partial charge in [-0.1, -0.05) is 43.5 Å². The minimum Gasteiger partial charge on any atom is -0.348 e. The number of halogens is 1. The molecule has 0 radical (unpaired) electrons. The zero-order valence-corrected chi connectivity index (χ0v) is 17.2. The summed E-state index contributed by atoms with van der Waals surface area (Å²) in [5.74, 6) is -0.986. The highest BCUT2D eigenvalue weighted by Gasteiger charge is 2.20. The Morgan fingerprint density at radius 1 is 1.10 bits per heavy atom. The third-order valence-corrected chi connectivity index (χ3v) is 6.40. The maximum atomic E-state index is 13.8. The van der Waals surface area contributed by atoms with Gasteiger partial charge in [-0.15, -0.1) is 11.3 Å². The molecule has 1 fully saturated rings. The topological polar surface area (TPSA) is 45.2 Å². The molecule has 6 heteroatoms. The van der Waals surface area contributed by atoms with Crippen molar-refractivity contribution in [2.75, 3.05) is 17.3 Å². The first kappa shape index (κ1) is 19.6. The number of anilines is 2. The molecule has 1 aliphatic carbocycles. The molecule has 0 aliphatic heterocycles. The summed E-state index contributed by atoms with van der Waals surface area (Å²) in [5.41, 5.74) is 2.58. The largest absolute Gasteiger partial charge is 0.348 e. The van der Waals surface area contributed by atoms with Crippen LogP contribution < -0.4 is 10.2 Å². The molecule has 1 saturated carbocycles. The van der Waals surface area contributed by atoms with E-state index in [0.717, 1.165) is 16.4 Å². The number of nitrogens with zero attached hydrogens (tertiary/aromatic N) is 2. The molecular formula is C23H24FN3OS. The van der Waals surface area contributed by atoms with Gasteiger partial charge in [0.2, 0.25) is 0 Å². The molecule has 1 aliphatic rings. The van der Waals surface area contributed by atoms with Crippen LogP contribution in [0.1, 0.15) is 42.5 Å². The highest BCUT2D eigenvalue weighted by molar-refractivity contribution is 7.14. The molecule has 29 heavy (non-hydrogen) atoms. The lowest BCUT2D eigenvalue weighted by Crippen LogP contribution is -2.33. The van der Waals surface area contributed by atoms with Gasteiger partial charge in [-0.3, -0.25) is 4.79 Å². The van der Waals surface area contributed by atoms with E-state index in [-0.39, 0.29) is 5.56 Å². The average molecular weight is 410 g/mol. The number of carbonyl (C=O) groups excluding carboxylic acids is 1. The van der Waals surface area contributed by atoms with Crippen LogP contribution in [0.3, 0.4) is 0 Å². The lowest BCUT2D eigenvalue weighted by Gasteiger charge is -2.30. The van der Waals surface area contributed by atoms with E-state index >= 15 is 0 Å². The molecule has 1 aromatic heterocycles. The van der Waals surface area contributed by atoms with Crippen molar-refractivity contribution < 1.29 is 9.18 Å². The first-order chi connectivity index (χ1) is 14.1. The van der Waals surface area contributed by atoms with Gasteiger partial charge in [0, 0.05) is 29.7 Å². The van der Waals surface area contributed by atoms with Crippen LogP contribution in [0.15, 0.2) is 53.9 Å². The summed E-state index contributed by atoms with van der Waals surface area (Å²) >= 11 is 1.66. The minimum atomic E-state index is -0.529. The van der Waals surface area contributed by atoms with Crippen molar-refractivity contribution in [1.29, 1.82) is 0 Å². The number of rotatable bonds is 5. The number of aromatic nitrogens is 1. The molecule has 1 heterocycles. The molecular weight excluding hydrogens is 385 g/mol. The zero-order valence-electron chi connectivity index (χ0n) is 16.4. The van der Waals surface area contributed by atoms with E-state index in [1.165, 1.54) is 44.2 Å². The van der Waals surface area contributed by atoms with Crippen LogP contribution in [0.4, 0.5) is 15.2 Å². The summed E-state index contributed by atoms with van der Waals surface area (Å²) in [4.78, 5) is 19.4. The first-order valence-electron chi connectivity index (χ1n) is 9.96. The van der Waals surface area contributed by atoms with Crippen molar-refractivity contribution in [1.82, 2.24) is 4.98 Å². The fourth-order valence-corrected chi connectivity index (χ4v) is 4.62. The number of nitrogens with one attached hydrogen (secondary N) is 1. The lowest BCUT2D eigenvalue weighted by atomic mass is 9.95. The molecule has 3 aromatic rings. The monoisotopic (exact) mass is 409 g/mol. The Bertz CT molecular complexity index is 980. The Morgan fingerprint density at radius 3 is 2.55 bits per heavy atom. The van der Waals surface area contributed by atoms with E-state index in [9.17, 15) is 9.18 Å². The molecule has 4 rings (SSSR count). The van der Waals surface area contributed by atoms with Gasteiger partial charge in [0.15, 0.2) is 5.13 Å². The van der Waals surface area contributed by atoms with Crippen LogP contribution >= 0.6 is 11.3 Å².